The zero-order valence-corrected chi connectivity index (χ0v) is 17.9. The van der Waals surface area contributed by atoms with E-state index in [4.69, 9.17) is 0 Å². The predicted molar refractivity (Wildman–Crippen MR) is 120 cm³/mol. The van der Waals surface area contributed by atoms with Gasteiger partial charge in [0, 0.05) is 20.3 Å². The van der Waals surface area contributed by atoms with Crippen molar-refractivity contribution in [2.45, 2.75) is 6.04 Å². The first-order chi connectivity index (χ1) is 13.7. The molecule has 1 fully saturated rings. The van der Waals surface area contributed by atoms with Crippen molar-refractivity contribution in [1.29, 1.82) is 0 Å². The van der Waals surface area contributed by atoms with E-state index in [0.717, 1.165) is 35.3 Å². The van der Waals surface area contributed by atoms with E-state index in [1.165, 1.54) is 16.0 Å². The molecule has 0 bridgehead atoms. The summed E-state index contributed by atoms with van der Waals surface area (Å²) in [5.74, 6) is 0.147. The van der Waals surface area contributed by atoms with Crippen LogP contribution < -0.4 is 4.90 Å². The Labute approximate surface area is 180 Å². The van der Waals surface area contributed by atoms with E-state index >= 15 is 0 Å². The average molecular weight is 483 g/mol. The number of rotatable bonds is 4. The van der Waals surface area contributed by atoms with Crippen LogP contribution in [0.2, 0.25) is 0 Å². The van der Waals surface area contributed by atoms with Crippen LogP contribution in [0.25, 0.3) is 0 Å². The second kappa shape index (κ2) is 8.88. The highest BCUT2D eigenvalue weighted by Gasteiger charge is 2.31. The topological polar surface area (TPSA) is 24.8 Å². The van der Waals surface area contributed by atoms with Crippen molar-refractivity contribution < 1.29 is 9.69 Å². The fraction of sp³-hybridized carbons (Fsp3) is 0.208. The normalized spacial score (nSPS) is 15.0. The zero-order valence-electron chi connectivity index (χ0n) is 15.7. The second-order valence-electron chi connectivity index (χ2n) is 7.22. The molecule has 4 rings (SSSR count). The van der Waals surface area contributed by atoms with E-state index < -0.39 is 0 Å². The van der Waals surface area contributed by atoms with Gasteiger partial charge >= 0.3 is 0 Å². The number of carbonyl (C=O) groups excluding carboxylic acids is 1. The van der Waals surface area contributed by atoms with Crippen molar-refractivity contribution in [1.82, 2.24) is 4.90 Å². The molecule has 3 nitrogen and oxygen atoms in total. The first-order valence-corrected chi connectivity index (χ1v) is 10.8. The molecule has 3 aromatic rings. The number of nitrogens with one attached hydrogen (secondary N) is 1. The highest BCUT2D eigenvalue weighted by Crippen LogP contribution is 2.19. The van der Waals surface area contributed by atoms with Crippen LogP contribution >= 0.6 is 22.6 Å². The summed E-state index contributed by atoms with van der Waals surface area (Å²) in [5.41, 5.74) is 3.46. The Kier molecular flexibility index (Phi) is 6.07. The third-order valence-electron chi connectivity index (χ3n) is 5.44. The zero-order chi connectivity index (χ0) is 19.3. The number of benzene rings is 3. The fourth-order valence-electron chi connectivity index (χ4n) is 4.04. The van der Waals surface area contributed by atoms with Gasteiger partial charge in [0.05, 0.1) is 26.2 Å². The largest absolute Gasteiger partial charge is 0.327 e. The van der Waals surface area contributed by atoms with Crippen LogP contribution in [0.3, 0.4) is 0 Å². The van der Waals surface area contributed by atoms with Gasteiger partial charge in [0.1, 0.15) is 6.04 Å². The molecule has 1 aliphatic heterocycles. The maximum Gasteiger partial charge on any atom is 0.254 e. The Morgan fingerprint density at radius 3 is 1.93 bits per heavy atom. The number of hydrogen-bond acceptors (Lipinski definition) is 1. The smallest absolute Gasteiger partial charge is 0.254 e. The number of quaternary nitrogens is 1. The Morgan fingerprint density at radius 2 is 1.39 bits per heavy atom. The van der Waals surface area contributed by atoms with Crippen LogP contribution in [0.15, 0.2) is 84.9 Å². The molecule has 1 N–H and O–H groups in total. The molecule has 142 valence electrons. The number of piperazine rings is 1. The SMILES string of the molecule is O=C(c1cccc(I)c1)N1CC[NH+](C(c2ccccc2)c2ccccc2)CC1. The van der Waals surface area contributed by atoms with Gasteiger partial charge < -0.3 is 9.80 Å². The molecule has 1 heterocycles. The van der Waals surface area contributed by atoms with E-state index in [9.17, 15) is 4.79 Å². The lowest BCUT2D eigenvalue weighted by atomic mass is 9.96. The Morgan fingerprint density at radius 1 is 0.821 bits per heavy atom. The second-order valence-corrected chi connectivity index (χ2v) is 8.46. The number of hydrogen-bond donors (Lipinski definition) is 1. The summed E-state index contributed by atoms with van der Waals surface area (Å²) >= 11 is 2.26. The summed E-state index contributed by atoms with van der Waals surface area (Å²) < 4.78 is 1.10. The molecule has 1 aliphatic rings. The Hall–Kier alpha value is -2.18. The first kappa shape index (κ1) is 19.2. The molecule has 0 unspecified atom stereocenters. The van der Waals surface area contributed by atoms with Crippen LogP contribution in [0.4, 0.5) is 0 Å². The molecule has 1 amide bonds. The molecular formula is C24H24IN2O+. The highest BCUT2D eigenvalue weighted by molar-refractivity contribution is 14.1. The lowest BCUT2D eigenvalue weighted by Gasteiger charge is -2.37. The van der Waals surface area contributed by atoms with Crippen molar-refractivity contribution in [2.75, 3.05) is 26.2 Å². The van der Waals surface area contributed by atoms with Crippen molar-refractivity contribution in [3.8, 4) is 0 Å². The van der Waals surface area contributed by atoms with Crippen molar-refractivity contribution in [3.05, 3.63) is 105 Å². The number of carbonyl (C=O) groups is 1. The van der Waals surface area contributed by atoms with Crippen molar-refractivity contribution in [2.24, 2.45) is 0 Å². The maximum absolute atomic E-state index is 12.9. The van der Waals surface area contributed by atoms with Crippen LogP contribution in [0.1, 0.15) is 27.5 Å². The van der Waals surface area contributed by atoms with Crippen LogP contribution in [0.5, 0.6) is 0 Å². The van der Waals surface area contributed by atoms with Crippen LogP contribution in [-0.4, -0.2) is 37.0 Å². The maximum atomic E-state index is 12.9. The molecule has 0 spiro atoms. The molecule has 0 saturated carbocycles. The van der Waals surface area contributed by atoms with Gasteiger partial charge in [-0.1, -0.05) is 66.7 Å². The molecule has 0 aromatic heterocycles. The van der Waals surface area contributed by atoms with Gasteiger partial charge in [-0.3, -0.25) is 4.79 Å². The van der Waals surface area contributed by atoms with E-state index in [1.54, 1.807) is 0 Å². The van der Waals surface area contributed by atoms with Gasteiger partial charge in [0.15, 0.2) is 0 Å². The molecule has 0 radical (unpaired) electrons. The fourth-order valence-corrected chi connectivity index (χ4v) is 4.59. The Bertz CT molecular complexity index is 882. The predicted octanol–water partition coefficient (Wildman–Crippen LogP) is 3.42. The summed E-state index contributed by atoms with van der Waals surface area (Å²) in [6.45, 7) is 3.47. The molecular weight excluding hydrogens is 459 g/mol. The van der Waals surface area contributed by atoms with E-state index in [-0.39, 0.29) is 5.91 Å². The molecule has 1 saturated heterocycles. The van der Waals surface area contributed by atoms with E-state index in [1.807, 2.05) is 29.2 Å². The van der Waals surface area contributed by atoms with Crippen molar-refractivity contribution >= 4 is 28.5 Å². The monoisotopic (exact) mass is 483 g/mol. The molecule has 3 aromatic carbocycles. The quantitative estimate of drug-likeness (QED) is 0.566. The summed E-state index contributed by atoms with van der Waals surface area (Å²) in [6.07, 6.45) is 0. The Balaban J connectivity index is 1.51. The standard InChI is InChI=1S/C24H23IN2O/c25-22-13-7-12-21(18-22)24(28)27-16-14-26(15-17-27)23(19-8-3-1-4-9-19)20-10-5-2-6-11-20/h1-13,18,23H,14-17H2/p+1. The minimum Gasteiger partial charge on any atom is -0.327 e. The van der Waals surface area contributed by atoms with E-state index in [0.29, 0.717) is 6.04 Å². The van der Waals surface area contributed by atoms with Crippen molar-refractivity contribution in [3.63, 3.8) is 0 Å². The van der Waals surface area contributed by atoms with Gasteiger partial charge in [-0.05, 0) is 40.8 Å². The third kappa shape index (κ3) is 4.28. The van der Waals surface area contributed by atoms with Gasteiger partial charge in [-0.15, -0.1) is 0 Å². The van der Waals surface area contributed by atoms with E-state index in [2.05, 4.69) is 83.3 Å². The number of halogens is 1. The summed E-state index contributed by atoms with van der Waals surface area (Å²) in [6, 6.07) is 29.6. The summed E-state index contributed by atoms with van der Waals surface area (Å²) in [5, 5.41) is 0. The molecule has 28 heavy (non-hydrogen) atoms. The van der Waals surface area contributed by atoms with Gasteiger partial charge in [0.25, 0.3) is 5.91 Å². The summed E-state index contributed by atoms with van der Waals surface area (Å²) in [4.78, 5) is 16.4. The third-order valence-corrected chi connectivity index (χ3v) is 6.11. The summed E-state index contributed by atoms with van der Waals surface area (Å²) in [7, 11) is 0. The molecule has 4 heteroatoms. The van der Waals surface area contributed by atoms with Gasteiger partial charge in [-0.25, -0.2) is 0 Å². The van der Waals surface area contributed by atoms with Gasteiger partial charge in [-0.2, -0.15) is 0 Å². The lowest BCUT2D eigenvalue weighted by molar-refractivity contribution is -0.929. The highest BCUT2D eigenvalue weighted by atomic mass is 127. The van der Waals surface area contributed by atoms with Crippen LogP contribution in [-0.2, 0) is 0 Å². The molecule has 0 aliphatic carbocycles. The molecule has 0 atom stereocenters. The number of nitrogens with zero attached hydrogens (tertiary/aromatic N) is 1. The van der Waals surface area contributed by atoms with Gasteiger partial charge in [0.2, 0.25) is 0 Å². The average Bonchev–Trinajstić information content (AvgIpc) is 2.75. The number of amides is 1. The lowest BCUT2D eigenvalue weighted by Crippen LogP contribution is -3.15. The minimum absolute atomic E-state index is 0.147. The minimum atomic E-state index is 0.147. The van der Waals surface area contributed by atoms with Crippen LogP contribution in [0, 0.1) is 3.57 Å². The first-order valence-electron chi connectivity index (χ1n) is 9.72.